The van der Waals surface area contributed by atoms with Crippen molar-refractivity contribution in [1.82, 2.24) is 24.9 Å². The zero-order chi connectivity index (χ0) is 25.2. The zero-order valence-electron chi connectivity index (χ0n) is 20.2. The maximum Gasteiger partial charge on any atom is 0.160 e. The number of nitrogens with zero attached hydrogens (tertiary/aromatic N) is 6. The van der Waals surface area contributed by atoms with Crippen LogP contribution >= 0.6 is 11.6 Å². The van der Waals surface area contributed by atoms with Crippen LogP contribution in [0.5, 0.6) is 0 Å². The van der Waals surface area contributed by atoms with Crippen LogP contribution in [0.15, 0.2) is 66.2 Å². The van der Waals surface area contributed by atoms with E-state index in [0.717, 1.165) is 68.0 Å². The van der Waals surface area contributed by atoms with E-state index in [4.69, 9.17) is 16.3 Å². The fourth-order valence-corrected chi connectivity index (χ4v) is 5.03. The molecule has 0 aliphatic carbocycles. The van der Waals surface area contributed by atoms with Gasteiger partial charge in [-0.05, 0) is 53.6 Å². The molecule has 9 heteroatoms. The number of pyridine rings is 3. The van der Waals surface area contributed by atoms with Crippen LogP contribution in [0.4, 0.5) is 4.39 Å². The highest BCUT2D eigenvalue weighted by Gasteiger charge is 2.22. The van der Waals surface area contributed by atoms with Gasteiger partial charge in [0.25, 0.3) is 0 Å². The lowest BCUT2D eigenvalue weighted by atomic mass is 9.96. The summed E-state index contributed by atoms with van der Waals surface area (Å²) in [5.74, 6) is -0.238. The van der Waals surface area contributed by atoms with Crippen molar-refractivity contribution in [3.63, 3.8) is 0 Å². The van der Waals surface area contributed by atoms with Crippen LogP contribution in [0.1, 0.15) is 11.5 Å². The Labute approximate surface area is 219 Å². The van der Waals surface area contributed by atoms with Crippen molar-refractivity contribution < 1.29 is 9.13 Å². The van der Waals surface area contributed by atoms with Crippen LogP contribution in [-0.2, 0) is 4.74 Å². The molecule has 0 bridgehead atoms. The Hall–Kier alpha value is -3.46. The molecule has 2 aliphatic heterocycles. The van der Waals surface area contributed by atoms with Gasteiger partial charge in [-0.25, -0.2) is 14.4 Å². The van der Waals surface area contributed by atoms with Crippen LogP contribution in [0.25, 0.3) is 33.4 Å². The van der Waals surface area contributed by atoms with E-state index in [2.05, 4.69) is 36.0 Å². The summed E-state index contributed by atoms with van der Waals surface area (Å²) in [6, 6.07) is 12.3. The quantitative estimate of drug-likeness (QED) is 0.364. The maximum atomic E-state index is 14.7. The number of ether oxygens (including phenoxy) is 1. The molecule has 1 atom stereocenters. The SMILES string of the molecule is Fc1ccc(Cl)cc1-c1cc(-c2cncc(C3C=NN(CCN4CCOCC4)C3)c2)c2cccnc2n1. The van der Waals surface area contributed by atoms with Crippen LogP contribution in [0.2, 0.25) is 5.02 Å². The predicted octanol–water partition coefficient (Wildman–Crippen LogP) is 4.87. The van der Waals surface area contributed by atoms with Crippen molar-refractivity contribution in [2.24, 2.45) is 5.10 Å². The number of benzene rings is 1. The number of rotatable bonds is 6. The molecule has 0 N–H and O–H groups in total. The normalized spacial score (nSPS) is 18.1. The summed E-state index contributed by atoms with van der Waals surface area (Å²) >= 11 is 6.17. The van der Waals surface area contributed by atoms with Gasteiger partial charge in [-0.15, -0.1) is 0 Å². The molecule has 6 rings (SSSR count). The third-order valence-electron chi connectivity index (χ3n) is 6.88. The van der Waals surface area contributed by atoms with E-state index in [9.17, 15) is 4.39 Å². The predicted molar refractivity (Wildman–Crippen MR) is 143 cm³/mol. The van der Waals surface area contributed by atoms with Crippen LogP contribution in [0, 0.1) is 5.82 Å². The minimum atomic E-state index is -0.385. The molecule has 3 aromatic heterocycles. The number of hydrogen-bond acceptors (Lipinski definition) is 7. The van der Waals surface area contributed by atoms with Gasteiger partial charge in [0, 0.05) is 85.0 Å². The Balaban J connectivity index is 1.28. The number of halogens is 2. The molecule has 0 spiro atoms. The Bertz CT molecular complexity index is 1460. The third-order valence-corrected chi connectivity index (χ3v) is 7.12. The molecule has 4 aromatic rings. The number of aromatic nitrogens is 3. The van der Waals surface area contributed by atoms with Gasteiger partial charge >= 0.3 is 0 Å². The number of morpholine rings is 1. The van der Waals surface area contributed by atoms with Gasteiger partial charge < -0.3 is 4.74 Å². The Morgan fingerprint density at radius 2 is 1.92 bits per heavy atom. The fourth-order valence-electron chi connectivity index (χ4n) is 4.85. The Morgan fingerprint density at radius 1 is 1.03 bits per heavy atom. The van der Waals surface area contributed by atoms with E-state index in [0.29, 0.717) is 21.9 Å². The first-order valence-corrected chi connectivity index (χ1v) is 12.8. The molecule has 1 unspecified atom stereocenters. The lowest BCUT2D eigenvalue weighted by Crippen LogP contribution is -2.40. The number of hydrogen-bond donors (Lipinski definition) is 0. The van der Waals surface area contributed by atoms with E-state index < -0.39 is 0 Å². The molecular formula is C28H26ClFN6O. The first-order chi connectivity index (χ1) is 18.1. The fraction of sp³-hybridized carbons (Fsp3) is 0.286. The molecule has 7 nitrogen and oxygen atoms in total. The lowest BCUT2D eigenvalue weighted by molar-refractivity contribution is 0.0339. The molecule has 1 aromatic carbocycles. The second kappa shape index (κ2) is 10.5. The summed E-state index contributed by atoms with van der Waals surface area (Å²) in [6.07, 6.45) is 7.40. The maximum absolute atomic E-state index is 14.7. The second-order valence-electron chi connectivity index (χ2n) is 9.30. The highest BCUT2D eigenvalue weighted by Crippen LogP contribution is 2.34. The highest BCUT2D eigenvalue weighted by atomic mass is 35.5. The lowest BCUT2D eigenvalue weighted by Gasteiger charge is -2.28. The molecule has 0 amide bonds. The van der Waals surface area contributed by atoms with Crippen molar-refractivity contribution in [3.8, 4) is 22.4 Å². The van der Waals surface area contributed by atoms with Gasteiger partial charge in [-0.2, -0.15) is 5.10 Å². The average Bonchev–Trinajstić information content (AvgIpc) is 3.42. The van der Waals surface area contributed by atoms with E-state index >= 15 is 0 Å². The topological polar surface area (TPSA) is 66.7 Å². The van der Waals surface area contributed by atoms with E-state index in [1.165, 1.54) is 12.1 Å². The van der Waals surface area contributed by atoms with Crippen LogP contribution < -0.4 is 0 Å². The van der Waals surface area contributed by atoms with Gasteiger partial charge in [-0.3, -0.25) is 14.9 Å². The number of hydrazone groups is 1. The van der Waals surface area contributed by atoms with Crippen LogP contribution in [-0.4, -0.2) is 77.0 Å². The van der Waals surface area contributed by atoms with Crippen molar-refractivity contribution >= 4 is 28.8 Å². The average molecular weight is 517 g/mol. The first-order valence-electron chi connectivity index (χ1n) is 12.4. The van der Waals surface area contributed by atoms with Crippen molar-refractivity contribution in [3.05, 3.63) is 77.5 Å². The standard InChI is InChI=1S/C28H26ClFN6O/c29-22-3-4-26(30)25(13-22)27-14-24(23-2-1-5-32-28(23)34-27)20-12-19(15-31-16-20)21-17-33-36(18-21)7-6-35-8-10-37-11-9-35/h1-5,12-17,21H,6-11,18H2. The molecule has 0 saturated carbocycles. The molecule has 1 saturated heterocycles. The van der Waals surface area contributed by atoms with Crippen molar-refractivity contribution in [2.45, 2.75) is 5.92 Å². The van der Waals surface area contributed by atoms with E-state index in [1.54, 1.807) is 12.3 Å². The highest BCUT2D eigenvalue weighted by molar-refractivity contribution is 6.30. The minimum absolute atomic E-state index is 0.146. The first kappa shape index (κ1) is 23.9. The summed E-state index contributed by atoms with van der Waals surface area (Å²) in [5.41, 5.74) is 4.24. The number of fused-ring (bicyclic) bond motifs is 1. The van der Waals surface area contributed by atoms with E-state index in [-0.39, 0.29) is 11.7 Å². The molecular weight excluding hydrogens is 491 g/mol. The van der Waals surface area contributed by atoms with Gasteiger partial charge in [-0.1, -0.05) is 11.6 Å². The zero-order valence-corrected chi connectivity index (χ0v) is 21.0. The van der Waals surface area contributed by atoms with Crippen molar-refractivity contribution in [2.75, 3.05) is 45.9 Å². The van der Waals surface area contributed by atoms with Crippen LogP contribution in [0.3, 0.4) is 0 Å². The summed E-state index contributed by atoms with van der Waals surface area (Å²) < 4.78 is 20.2. The second-order valence-corrected chi connectivity index (χ2v) is 9.73. The Morgan fingerprint density at radius 3 is 2.81 bits per heavy atom. The van der Waals surface area contributed by atoms with E-state index in [1.807, 2.05) is 36.8 Å². The van der Waals surface area contributed by atoms with Crippen molar-refractivity contribution in [1.29, 1.82) is 0 Å². The largest absolute Gasteiger partial charge is 0.379 e. The third kappa shape index (κ3) is 5.18. The smallest absolute Gasteiger partial charge is 0.160 e. The minimum Gasteiger partial charge on any atom is -0.379 e. The summed E-state index contributed by atoms with van der Waals surface area (Å²) in [5, 5.41) is 8.10. The summed E-state index contributed by atoms with van der Waals surface area (Å²) in [4.78, 5) is 16.0. The van der Waals surface area contributed by atoms with Gasteiger partial charge in [0.1, 0.15) is 5.82 Å². The summed E-state index contributed by atoms with van der Waals surface area (Å²) in [6.45, 7) is 6.23. The monoisotopic (exact) mass is 516 g/mol. The molecule has 188 valence electrons. The van der Waals surface area contributed by atoms with Gasteiger partial charge in [0.05, 0.1) is 18.9 Å². The molecule has 37 heavy (non-hydrogen) atoms. The molecule has 2 aliphatic rings. The molecule has 0 radical (unpaired) electrons. The summed E-state index contributed by atoms with van der Waals surface area (Å²) in [7, 11) is 0. The van der Waals surface area contributed by atoms with Gasteiger partial charge in [0.15, 0.2) is 5.65 Å². The molecule has 5 heterocycles. The van der Waals surface area contributed by atoms with Gasteiger partial charge in [0.2, 0.25) is 0 Å². The molecule has 1 fully saturated rings. The Kier molecular flexibility index (Phi) is 6.78.